The van der Waals surface area contributed by atoms with Crippen molar-refractivity contribution < 1.29 is 24.2 Å². The second-order valence-electron chi connectivity index (χ2n) is 8.12. The van der Waals surface area contributed by atoms with Crippen LogP contribution in [0.25, 0.3) is 0 Å². The van der Waals surface area contributed by atoms with Gasteiger partial charge in [-0.15, -0.1) is 0 Å². The third-order valence-electron chi connectivity index (χ3n) is 6.15. The molecule has 2 aromatic rings. The van der Waals surface area contributed by atoms with Crippen molar-refractivity contribution in [1.82, 2.24) is 16.0 Å². The minimum absolute atomic E-state index is 0.0685. The van der Waals surface area contributed by atoms with E-state index in [4.69, 9.17) is 9.47 Å². The first-order valence-electron chi connectivity index (χ1n) is 10.9. The Labute approximate surface area is 187 Å². The van der Waals surface area contributed by atoms with E-state index in [2.05, 4.69) is 16.0 Å². The molecule has 32 heavy (non-hydrogen) atoms. The number of ether oxygens (including phenoxy) is 2. The van der Waals surface area contributed by atoms with E-state index in [-0.39, 0.29) is 36.7 Å². The van der Waals surface area contributed by atoms with E-state index in [9.17, 15) is 14.7 Å². The van der Waals surface area contributed by atoms with Crippen LogP contribution in [-0.2, 0) is 10.2 Å². The van der Waals surface area contributed by atoms with Crippen molar-refractivity contribution in [1.29, 1.82) is 0 Å². The molecule has 0 bridgehead atoms. The Balaban J connectivity index is 1.64. The number of rotatable bonds is 7. The Morgan fingerprint density at radius 2 is 2.03 bits per heavy atom. The zero-order valence-corrected chi connectivity index (χ0v) is 18.1. The van der Waals surface area contributed by atoms with Crippen LogP contribution in [0.1, 0.15) is 38.3 Å². The highest BCUT2D eigenvalue weighted by Crippen LogP contribution is 2.45. The van der Waals surface area contributed by atoms with Gasteiger partial charge in [0.05, 0.1) is 30.3 Å². The van der Waals surface area contributed by atoms with Crippen LogP contribution >= 0.6 is 0 Å². The molecule has 2 amide bonds. The minimum Gasteiger partial charge on any atom is -0.491 e. The molecule has 4 N–H and O–H groups in total. The highest BCUT2D eigenvalue weighted by Gasteiger charge is 2.44. The van der Waals surface area contributed by atoms with Crippen LogP contribution in [0.4, 0.5) is 0 Å². The number of hydrogen-bond acceptors (Lipinski definition) is 6. The molecule has 2 heterocycles. The third-order valence-corrected chi connectivity index (χ3v) is 6.15. The average Bonchev–Trinajstić information content (AvgIpc) is 3.24. The zero-order chi connectivity index (χ0) is 22.6. The second-order valence-corrected chi connectivity index (χ2v) is 8.12. The maximum absolute atomic E-state index is 13.0. The number of carbonyl (C=O) groups excluding carboxylic acids is 2. The molecule has 2 aromatic carbocycles. The van der Waals surface area contributed by atoms with E-state index in [0.717, 1.165) is 18.7 Å². The highest BCUT2D eigenvalue weighted by molar-refractivity contribution is 6.02. The first-order valence-corrected chi connectivity index (χ1v) is 10.9. The molecule has 0 spiro atoms. The number of benzene rings is 2. The molecule has 170 valence electrons. The number of aliphatic hydroxyl groups excluding tert-OH is 1. The Hall–Kier alpha value is -2.94. The monoisotopic (exact) mass is 439 g/mol. The summed E-state index contributed by atoms with van der Waals surface area (Å²) >= 11 is 0. The smallest absolute Gasteiger partial charge is 0.254 e. The molecule has 8 heteroatoms. The summed E-state index contributed by atoms with van der Waals surface area (Å²) in [6.07, 6.45) is 0.763. The molecule has 2 atom stereocenters. The van der Waals surface area contributed by atoms with Crippen LogP contribution in [0.15, 0.2) is 42.5 Å². The number of nitrogens with one attached hydrogen (secondary N) is 3. The van der Waals surface area contributed by atoms with E-state index in [0.29, 0.717) is 36.4 Å². The van der Waals surface area contributed by atoms with E-state index in [1.165, 1.54) is 7.05 Å². The quantitative estimate of drug-likeness (QED) is 0.509. The molecule has 0 saturated carbocycles. The summed E-state index contributed by atoms with van der Waals surface area (Å²) in [6.45, 7) is 2.71. The summed E-state index contributed by atoms with van der Waals surface area (Å²) in [4.78, 5) is 25.6. The zero-order valence-electron chi connectivity index (χ0n) is 18.1. The molecule has 1 unspecified atom stereocenters. The number of hydrogen-bond donors (Lipinski definition) is 4. The maximum atomic E-state index is 13.0. The van der Waals surface area contributed by atoms with Crippen LogP contribution < -0.4 is 20.7 Å². The molecule has 8 nitrogen and oxygen atoms in total. The van der Waals surface area contributed by atoms with Crippen molar-refractivity contribution in [3.05, 3.63) is 64.7 Å². The van der Waals surface area contributed by atoms with Gasteiger partial charge in [0.25, 0.3) is 11.8 Å². The molecule has 0 aromatic heterocycles. The largest absolute Gasteiger partial charge is 0.491 e. The van der Waals surface area contributed by atoms with Crippen molar-refractivity contribution in [2.24, 2.45) is 0 Å². The molecule has 2 aliphatic heterocycles. The SMILES string of the molecule is CNC(=O)c1cc(C(=O)NCC[C@H]2CNCCO2)cc2c1OCC2(CO)c1ccccc1. The van der Waals surface area contributed by atoms with Gasteiger partial charge in [-0.2, -0.15) is 0 Å². The van der Waals surface area contributed by atoms with Crippen molar-refractivity contribution in [3.8, 4) is 5.75 Å². The third kappa shape index (κ3) is 4.21. The molecular formula is C24H29N3O5. The van der Waals surface area contributed by atoms with Crippen molar-refractivity contribution in [2.75, 3.05) is 46.5 Å². The summed E-state index contributed by atoms with van der Waals surface area (Å²) in [5.41, 5.74) is 1.28. The van der Waals surface area contributed by atoms with Crippen molar-refractivity contribution >= 4 is 11.8 Å². The Kier molecular flexibility index (Phi) is 6.74. The molecule has 1 saturated heterocycles. The van der Waals surface area contributed by atoms with E-state index in [1.54, 1.807) is 12.1 Å². The molecule has 1 fully saturated rings. The number of morpholine rings is 1. The van der Waals surface area contributed by atoms with Gasteiger partial charge in [-0.25, -0.2) is 0 Å². The highest BCUT2D eigenvalue weighted by atomic mass is 16.5. The minimum atomic E-state index is -0.850. The summed E-state index contributed by atoms with van der Waals surface area (Å²) in [5, 5.41) is 19.2. The Morgan fingerprint density at radius 3 is 2.72 bits per heavy atom. The van der Waals surface area contributed by atoms with E-state index < -0.39 is 5.41 Å². The normalized spacial score (nSPS) is 22.0. The summed E-state index contributed by atoms with van der Waals surface area (Å²) < 4.78 is 11.6. The van der Waals surface area contributed by atoms with Gasteiger partial charge in [0.1, 0.15) is 12.4 Å². The lowest BCUT2D eigenvalue weighted by Gasteiger charge is -2.26. The second kappa shape index (κ2) is 9.68. The average molecular weight is 440 g/mol. The van der Waals surface area contributed by atoms with Crippen LogP contribution in [0.5, 0.6) is 5.75 Å². The standard InChI is InChI=1S/C24H29N3O5/c1-25-23(30)19-11-16(22(29)27-8-7-18-13-26-9-10-31-18)12-20-21(19)32-15-24(20,14-28)17-5-3-2-4-6-17/h2-6,11-12,18,26,28H,7-10,13-15H2,1H3,(H,25,30)(H,27,29)/t18-,24?/m0/s1. The topological polar surface area (TPSA) is 109 Å². The lowest BCUT2D eigenvalue weighted by molar-refractivity contribution is 0.0239. The fourth-order valence-corrected chi connectivity index (χ4v) is 4.32. The van der Waals surface area contributed by atoms with Crippen LogP contribution in [0, 0.1) is 0 Å². The summed E-state index contributed by atoms with van der Waals surface area (Å²) in [5.74, 6) is -0.228. The molecule has 0 radical (unpaired) electrons. The van der Waals surface area contributed by atoms with E-state index in [1.807, 2.05) is 30.3 Å². The number of aliphatic hydroxyl groups is 1. The predicted octanol–water partition coefficient (Wildman–Crippen LogP) is 0.825. The summed E-state index contributed by atoms with van der Waals surface area (Å²) in [6, 6.07) is 12.8. The fourth-order valence-electron chi connectivity index (χ4n) is 4.32. The first-order chi connectivity index (χ1) is 15.6. The van der Waals surface area contributed by atoms with Crippen molar-refractivity contribution in [2.45, 2.75) is 17.9 Å². The van der Waals surface area contributed by atoms with Crippen LogP contribution in [0.2, 0.25) is 0 Å². The lowest BCUT2D eigenvalue weighted by atomic mass is 9.76. The number of fused-ring (bicyclic) bond motifs is 1. The fraction of sp³-hybridized carbons (Fsp3) is 0.417. The molecule has 0 aliphatic carbocycles. The Morgan fingerprint density at radius 1 is 1.22 bits per heavy atom. The van der Waals surface area contributed by atoms with Gasteiger partial charge in [0.2, 0.25) is 0 Å². The van der Waals surface area contributed by atoms with Gasteiger partial charge < -0.3 is 30.5 Å². The van der Waals surface area contributed by atoms with Gasteiger partial charge in [0, 0.05) is 37.8 Å². The van der Waals surface area contributed by atoms with Gasteiger partial charge in [-0.3, -0.25) is 9.59 Å². The number of amides is 2. The van der Waals surface area contributed by atoms with Crippen LogP contribution in [0.3, 0.4) is 0 Å². The Bertz CT molecular complexity index is 975. The maximum Gasteiger partial charge on any atom is 0.254 e. The predicted molar refractivity (Wildman–Crippen MR) is 119 cm³/mol. The van der Waals surface area contributed by atoms with Gasteiger partial charge in [-0.1, -0.05) is 30.3 Å². The molecule has 4 rings (SSSR count). The van der Waals surface area contributed by atoms with Gasteiger partial charge in [0.15, 0.2) is 0 Å². The lowest BCUT2D eigenvalue weighted by Crippen LogP contribution is -2.40. The van der Waals surface area contributed by atoms with E-state index >= 15 is 0 Å². The van der Waals surface area contributed by atoms with Gasteiger partial charge in [-0.05, 0) is 24.1 Å². The first kappa shape index (κ1) is 22.3. The number of carbonyl (C=O) groups is 2. The molecular weight excluding hydrogens is 410 g/mol. The van der Waals surface area contributed by atoms with Crippen molar-refractivity contribution in [3.63, 3.8) is 0 Å². The van der Waals surface area contributed by atoms with Gasteiger partial charge >= 0.3 is 0 Å². The summed E-state index contributed by atoms with van der Waals surface area (Å²) in [7, 11) is 1.53. The molecule has 2 aliphatic rings. The van der Waals surface area contributed by atoms with Crippen LogP contribution in [-0.4, -0.2) is 69.5 Å².